The summed E-state index contributed by atoms with van der Waals surface area (Å²) in [4.78, 5) is 18.8. The number of aromatic nitrogens is 7. The van der Waals surface area contributed by atoms with Crippen molar-refractivity contribution in [1.82, 2.24) is 34.6 Å². The molecule has 1 unspecified atom stereocenters. The highest BCUT2D eigenvalue weighted by Crippen LogP contribution is 2.24. The minimum atomic E-state index is -0.110. The molecule has 1 aliphatic rings. The van der Waals surface area contributed by atoms with Crippen LogP contribution in [0.2, 0.25) is 0 Å². The molecule has 0 radical (unpaired) electrons. The van der Waals surface area contributed by atoms with Gasteiger partial charge in [0.15, 0.2) is 5.65 Å². The van der Waals surface area contributed by atoms with E-state index in [1.54, 1.807) is 40.1 Å². The lowest BCUT2D eigenvalue weighted by Crippen LogP contribution is -2.37. The standard InChI is InChI=1S/C19H18N8O/c28-19-8-5-16(14-3-1-9-20-11-14)23-26(19)12-15-4-2-10-25(15)18-7-6-17-22-21-13-27(17)24-18/h1,3,5-9,11,13,15H,2,4,10,12H2. The first-order valence-electron chi connectivity index (χ1n) is 9.20. The van der Waals surface area contributed by atoms with E-state index in [1.807, 2.05) is 24.3 Å². The molecule has 9 nitrogen and oxygen atoms in total. The topological polar surface area (TPSA) is 94.1 Å². The number of fused-ring (bicyclic) bond motifs is 1. The average Bonchev–Trinajstić information content (AvgIpc) is 3.39. The van der Waals surface area contributed by atoms with Crippen LogP contribution >= 0.6 is 0 Å². The van der Waals surface area contributed by atoms with Gasteiger partial charge in [0.05, 0.1) is 18.3 Å². The SMILES string of the molecule is O=c1ccc(-c2cccnc2)nn1CC1CCCN1c1ccc2nncn2n1. The smallest absolute Gasteiger partial charge is 0.266 e. The van der Waals surface area contributed by atoms with Crippen molar-refractivity contribution in [1.29, 1.82) is 0 Å². The van der Waals surface area contributed by atoms with Crippen molar-refractivity contribution in [3.63, 3.8) is 0 Å². The number of anilines is 1. The van der Waals surface area contributed by atoms with Crippen molar-refractivity contribution < 1.29 is 0 Å². The number of rotatable bonds is 4. The van der Waals surface area contributed by atoms with Crippen LogP contribution in [0, 0.1) is 0 Å². The molecule has 0 aromatic carbocycles. The summed E-state index contributed by atoms with van der Waals surface area (Å²) in [7, 11) is 0. The van der Waals surface area contributed by atoms with Crippen LogP contribution in [-0.4, -0.2) is 47.2 Å². The number of nitrogens with zero attached hydrogens (tertiary/aromatic N) is 8. The van der Waals surface area contributed by atoms with Gasteiger partial charge in [-0.15, -0.1) is 15.3 Å². The van der Waals surface area contributed by atoms with E-state index in [0.717, 1.165) is 36.5 Å². The van der Waals surface area contributed by atoms with Crippen molar-refractivity contribution in [3.8, 4) is 11.3 Å². The molecule has 1 fully saturated rings. The van der Waals surface area contributed by atoms with Crippen LogP contribution in [0.5, 0.6) is 0 Å². The largest absolute Gasteiger partial charge is 0.350 e. The summed E-state index contributed by atoms with van der Waals surface area (Å²) in [5.41, 5.74) is 2.23. The zero-order chi connectivity index (χ0) is 18.9. The Balaban J connectivity index is 1.44. The molecule has 0 spiro atoms. The normalized spacial score (nSPS) is 16.7. The third-order valence-corrected chi connectivity index (χ3v) is 5.03. The number of pyridine rings is 1. The van der Waals surface area contributed by atoms with E-state index < -0.39 is 0 Å². The van der Waals surface area contributed by atoms with E-state index in [0.29, 0.717) is 12.2 Å². The van der Waals surface area contributed by atoms with Crippen molar-refractivity contribution in [2.24, 2.45) is 0 Å². The van der Waals surface area contributed by atoms with Gasteiger partial charge in [-0.1, -0.05) is 0 Å². The Bertz CT molecular complexity index is 1170. The Morgan fingerprint density at radius 3 is 2.96 bits per heavy atom. The van der Waals surface area contributed by atoms with Gasteiger partial charge in [-0.2, -0.15) is 9.61 Å². The average molecular weight is 374 g/mol. The van der Waals surface area contributed by atoms with Crippen LogP contribution in [0.15, 0.2) is 59.9 Å². The lowest BCUT2D eigenvalue weighted by atomic mass is 10.2. The highest BCUT2D eigenvalue weighted by Gasteiger charge is 2.27. The molecule has 9 heteroatoms. The minimum absolute atomic E-state index is 0.110. The van der Waals surface area contributed by atoms with Gasteiger partial charge in [0.25, 0.3) is 5.56 Å². The highest BCUT2D eigenvalue weighted by molar-refractivity contribution is 5.56. The van der Waals surface area contributed by atoms with Crippen LogP contribution in [0.25, 0.3) is 16.9 Å². The predicted molar refractivity (Wildman–Crippen MR) is 103 cm³/mol. The third-order valence-electron chi connectivity index (χ3n) is 5.03. The number of hydrogen-bond acceptors (Lipinski definition) is 7. The van der Waals surface area contributed by atoms with E-state index in [-0.39, 0.29) is 11.6 Å². The van der Waals surface area contributed by atoms with Gasteiger partial charge in [0, 0.05) is 30.6 Å². The van der Waals surface area contributed by atoms with Gasteiger partial charge < -0.3 is 4.90 Å². The Kier molecular flexibility index (Phi) is 4.04. The van der Waals surface area contributed by atoms with E-state index in [9.17, 15) is 4.79 Å². The molecule has 0 amide bonds. The third kappa shape index (κ3) is 3.00. The van der Waals surface area contributed by atoms with E-state index in [1.165, 1.54) is 0 Å². The Morgan fingerprint density at radius 1 is 1.11 bits per heavy atom. The van der Waals surface area contributed by atoms with Gasteiger partial charge in [-0.25, -0.2) is 4.68 Å². The minimum Gasteiger partial charge on any atom is -0.350 e. The first-order valence-corrected chi connectivity index (χ1v) is 9.20. The van der Waals surface area contributed by atoms with E-state index >= 15 is 0 Å². The molecule has 0 bridgehead atoms. The lowest BCUT2D eigenvalue weighted by molar-refractivity contribution is 0.488. The molecule has 140 valence electrons. The molecular weight excluding hydrogens is 356 g/mol. The fraction of sp³-hybridized carbons (Fsp3) is 0.263. The summed E-state index contributed by atoms with van der Waals surface area (Å²) in [6.45, 7) is 1.40. The zero-order valence-corrected chi connectivity index (χ0v) is 15.1. The Hall–Kier alpha value is -3.62. The molecule has 5 rings (SSSR count). The molecule has 1 aliphatic heterocycles. The molecule has 1 saturated heterocycles. The summed E-state index contributed by atoms with van der Waals surface area (Å²) in [5.74, 6) is 0.853. The van der Waals surface area contributed by atoms with E-state index in [2.05, 4.69) is 30.3 Å². The second-order valence-electron chi connectivity index (χ2n) is 6.80. The summed E-state index contributed by atoms with van der Waals surface area (Å²) < 4.78 is 3.21. The lowest BCUT2D eigenvalue weighted by Gasteiger charge is -2.25. The van der Waals surface area contributed by atoms with Gasteiger partial charge in [-0.05, 0) is 43.2 Å². The molecule has 0 saturated carbocycles. The van der Waals surface area contributed by atoms with Crippen molar-refractivity contribution in [3.05, 3.63) is 65.5 Å². The summed E-state index contributed by atoms with van der Waals surface area (Å²) >= 11 is 0. The maximum atomic E-state index is 12.4. The van der Waals surface area contributed by atoms with Crippen LogP contribution in [0.4, 0.5) is 5.82 Å². The van der Waals surface area contributed by atoms with E-state index in [4.69, 9.17) is 0 Å². The quantitative estimate of drug-likeness (QED) is 0.533. The highest BCUT2D eigenvalue weighted by atomic mass is 16.1. The zero-order valence-electron chi connectivity index (χ0n) is 15.1. The van der Waals surface area contributed by atoms with Crippen molar-refractivity contribution in [2.75, 3.05) is 11.4 Å². The van der Waals surface area contributed by atoms with Gasteiger partial charge in [0.2, 0.25) is 0 Å². The van der Waals surface area contributed by atoms with Crippen molar-refractivity contribution >= 4 is 11.5 Å². The summed E-state index contributed by atoms with van der Waals surface area (Å²) in [6, 6.07) is 11.1. The molecular formula is C19H18N8O. The molecule has 28 heavy (non-hydrogen) atoms. The van der Waals surface area contributed by atoms with Crippen LogP contribution < -0.4 is 10.5 Å². The van der Waals surface area contributed by atoms with Crippen LogP contribution in [0.3, 0.4) is 0 Å². The molecule has 0 aliphatic carbocycles. The monoisotopic (exact) mass is 374 g/mol. The molecule has 4 aromatic heterocycles. The Labute approximate surface area is 160 Å². The molecule has 1 atom stereocenters. The molecule has 0 N–H and O–H groups in total. The van der Waals surface area contributed by atoms with Gasteiger partial charge in [-0.3, -0.25) is 9.78 Å². The fourth-order valence-corrected chi connectivity index (χ4v) is 3.65. The maximum Gasteiger partial charge on any atom is 0.266 e. The van der Waals surface area contributed by atoms with Gasteiger partial charge in [0.1, 0.15) is 12.1 Å². The molecule has 4 aromatic rings. The van der Waals surface area contributed by atoms with Crippen LogP contribution in [-0.2, 0) is 6.54 Å². The first-order chi connectivity index (χ1) is 13.8. The number of hydrogen-bond donors (Lipinski definition) is 0. The van der Waals surface area contributed by atoms with Crippen molar-refractivity contribution in [2.45, 2.75) is 25.4 Å². The van der Waals surface area contributed by atoms with Crippen LogP contribution in [0.1, 0.15) is 12.8 Å². The van der Waals surface area contributed by atoms with Gasteiger partial charge >= 0.3 is 0 Å². The fourth-order valence-electron chi connectivity index (χ4n) is 3.65. The molecule has 5 heterocycles. The summed E-state index contributed by atoms with van der Waals surface area (Å²) in [5, 5.41) is 17.0. The maximum absolute atomic E-state index is 12.4. The second-order valence-corrected chi connectivity index (χ2v) is 6.80. The predicted octanol–water partition coefficient (Wildman–Crippen LogP) is 1.41. The Morgan fingerprint density at radius 2 is 2.07 bits per heavy atom. The first kappa shape index (κ1) is 16.5. The second kappa shape index (κ2) is 6.84. The summed E-state index contributed by atoms with van der Waals surface area (Å²) in [6.07, 6.45) is 7.08.